The maximum absolute atomic E-state index is 12.7. The molecule has 0 spiro atoms. The molecule has 9 heteroatoms. The summed E-state index contributed by atoms with van der Waals surface area (Å²) >= 11 is 0. The van der Waals surface area contributed by atoms with Crippen LogP contribution in [0.1, 0.15) is 19.4 Å². The second-order valence-corrected chi connectivity index (χ2v) is 8.59. The molecule has 166 valence electrons. The quantitative estimate of drug-likeness (QED) is 0.448. The largest absolute Gasteiger partial charge is 0.497 e. The number of methoxy groups -OCH3 is 1. The topological polar surface area (TPSA) is 113 Å². The Morgan fingerprint density at radius 1 is 1.19 bits per heavy atom. The second kappa shape index (κ2) is 9.52. The summed E-state index contributed by atoms with van der Waals surface area (Å²) < 4.78 is 32.9. The van der Waals surface area contributed by atoms with Crippen molar-refractivity contribution in [1.82, 2.24) is 14.7 Å². The van der Waals surface area contributed by atoms with Gasteiger partial charge in [0.2, 0.25) is 11.9 Å². The number of hydrogen-bond donors (Lipinski definition) is 3. The summed E-state index contributed by atoms with van der Waals surface area (Å²) in [6, 6.07) is 11.6. The molecule has 1 amide bonds. The summed E-state index contributed by atoms with van der Waals surface area (Å²) in [6.07, 6.45) is 5.34. The molecule has 0 unspecified atom stereocenters. The van der Waals surface area contributed by atoms with Gasteiger partial charge in [0.1, 0.15) is 5.75 Å². The number of nitrogens with zero attached hydrogens (tertiary/aromatic N) is 1. The molecule has 0 bridgehead atoms. The van der Waals surface area contributed by atoms with Crippen LogP contribution in [0.3, 0.4) is 0 Å². The Morgan fingerprint density at radius 3 is 2.53 bits per heavy atom. The Morgan fingerprint density at radius 2 is 1.91 bits per heavy atom. The van der Waals surface area contributed by atoms with Gasteiger partial charge in [-0.2, -0.15) is 0 Å². The van der Waals surface area contributed by atoms with Crippen LogP contribution in [0, 0.1) is 0 Å². The first-order valence-electron chi connectivity index (χ1n) is 9.69. The van der Waals surface area contributed by atoms with Gasteiger partial charge in [-0.15, -0.1) is 0 Å². The third-order valence-electron chi connectivity index (χ3n) is 4.42. The summed E-state index contributed by atoms with van der Waals surface area (Å²) in [7, 11) is -2.29. The van der Waals surface area contributed by atoms with Crippen LogP contribution in [0.15, 0.2) is 77.9 Å². The van der Waals surface area contributed by atoms with Crippen molar-refractivity contribution in [3.63, 3.8) is 0 Å². The van der Waals surface area contributed by atoms with Gasteiger partial charge in [0.05, 0.1) is 23.0 Å². The van der Waals surface area contributed by atoms with E-state index in [9.17, 15) is 13.2 Å². The number of fused-ring (bicyclic) bond motifs is 1. The number of anilines is 1. The number of aromatic amines is 1. The summed E-state index contributed by atoms with van der Waals surface area (Å²) in [5.74, 6) is 0.700. The number of carbonyl (C=O) groups excluding carboxylic acids is 1. The van der Waals surface area contributed by atoms with Crippen LogP contribution in [-0.2, 0) is 14.8 Å². The van der Waals surface area contributed by atoms with E-state index in [1.807, 2.05) is 37.3 Å². The molecule has 2 aromatic carbocycles. The zero-order chi connectivity index (χ0) is 23.3. The van der Waals surface area contributed by atoms with Crippen LogP contribution >= 0.6 is 0 Å². The average Bonchev–Trinajstić information content (AvgIpc) is 3.13. The molecule has 3 N–H and O–H groups in total. The molecule has 8 nitrogen and oxygen atoms in total. The minimum absolute atomic E-state index is 0.102. The number of amides is 1. The van der Waals surface area contributed by atoms with Gasteiger partial charge in [-0.3, -0.25) is 14.8 Å². The molecule has 1 aromatic heterocycles. The second-order valence-electron chi connectivity index (χ2n) is 6.90. The van der Waals surface area contributed by atoms with Crippen molar-refractivity contribution in [1.29, 1.82) is 0 Å². The predicted octanol–water partition coefficient (Wildman–Crippen LogP) is 3.98. The lowest BCUT2D eigenvalue weighted by atomic mass is 10.0. The van der Waals surface area contributed by atoms with Crippen molar-refractivity contribution in [2.75, 3.05) is 12.4 Å². The van der Waals surface area contributed by atoms with E-state index >= 15 is 0 Å². The number of allylic oxidation sites excluding steroid dienone is 4. The van der Waals surface area contributed by atoms with Gasteiger partial charge in [-0.05, 0) is 60.5 Å². The lowest BCUT2D eigenvalue weighted by Gasteiger charge is -2.10. The molecular weight excluding hydrogens is 428 g/mol. The lowest BCUT2D eigenvalue weighted by molar-refractivity contribution is -0.114. The Labute approximate surface area is 186 Å². The van der Waals surface area contributed by atoms with Crippen LogP contribution in [0.25, 0.3) is 16.6 Å². The molecule has 1 heterocycles. The highest BCUT2D eigenvalue weighted by atomic mass is 32.2. The molecule has 0 aliphatic carbocycles. The van der Waals surface area contributed by atoms with Gasteiger partial charge < -0.3 is 9.72 Å². The molecule has 0 fully saturated rings. The van der Waals surface area contributed by atoms with Crippen molar-refractivity contribution in [2.45, 2.75) is 18.7 Å². The molecule has 0 atom stereocenters. The first-order chi connectivity index (χ1) is 15.2. The maximum atomic E-state index is 12.7. The molecular formula is C23H24N4O4S. The fraction of sp³-hybridized carbons (Fsp3) is 0.130. The van der Waals surface area contributed by atoms with E-state index in [-0.39, 0.29) is 16.5 Å². The summed E-state index contributed by atoms with van der Waals surface area (Å²) in [5.41, 5.74) is 3.19. The number of sulfonamides is 1. The number of hydrogen-bond acceptors (Lipinski definition) is 5. The molecule has 3 aromatic rings. The highest BCUT2D eigenvalue weighted by Gasteiger charge is 2.14. The zero-order valence-corrected chi connectivity index (χ0v) is 18.8. The van der Waals surface area contributed by atoms with Gasteiger partial charge in [-0.25, -0.2) is 13.4 Å². The summed E-state index contributed by atoms with van der Waals surface area (Å²) in [4.78, 5) is 18.7. The number of nitrogens with one attached hydrogen (secondary N) is 3. The van der Waals surface area contributed by atoms with Gasteiger partial charge in [0.25, 0.3) is 10.0 Å². The monoisotopic (exact) mass is 452 g/mol. The third-order valence-corrected chi connectivity index (χ3v) is 5.84. The van der Waals surface area contributed by atoms with E-state index in [0.717, 1.165) is 16.7 Å². The molecule has 0 aliphatic heterocycles. The maximum Gasteiger partial charge on any atom is 0.261 e. The zero-order valence-electron chi connectivity index (χ0n) is 18.0. The first kappa shape index (κ1) is 22.8. The van der Waals surface area contributed by atoms with Crippen molar-refractivity contribution < 1.29 is 17.9 Å². The van der Waals surface area contributed by atoms with E-state index in [1.54, 1.807) is 18.2 Å². The SMILES string of the molecule is C=C(/C=C(\C=C/C)c1ccc2nc(NC(C)=O)[nH]c2c1)NS(=O)(=O)c1ccc(OC)cc1. The normalized spacial score (nSPS) is 12.2. The van der Waals surface area contributed by atoms with Crippen LogP contribution in [0.2, 0.25) is 0 Å². The van der Waals surface area contributed by atoms with Crippen LogP contribution in [0.4, 0.5) is 5.95 Å². The molecule has 0 saturated heterocycles. The fourth-order valence-corrected chi connectivity index (χ4v) is 4.04. The number of aromatic nitrogens is 2. The van der Waals surface area contributed by atoms with Crippen LogP contribution in [-0.4, -0.2) is 31.4 Å². The number of carbonyl (C=O) groups is 1. The number of H-pyrrole nitrogens is 1. The Hall–Kier alpha value is -3.85. The Kier molecular flexibility index (Phi) is 6.79. The van der Waals surface area contributed by atoms with Crippen molar-refractivity contribution in [3.8, 4) is 5.75 Å². The number of ether oxygens (including phenoxy) is 1. The molecule has 0 aliphatic rings. The Bertz CT molecular complexity index is 1320. The fourth-order valence-electron chi connectivity index (χ4n) is 3.03. The predicted molar refractivity (Wildman–Crippen MR) is 126 cm³/mol. The molecule has 32 heavy (non-hydrogen) atoms. The summed E-state index contributed by atoms with van der Waals surface area (Å²) in [6.45, 7) is 7.12. The van der Waals surface area contributed by atoms with Crippen molar-refractivity contribution in [2.24, 2.45) is 0 Å². The van der Waals surface area contributed by atoms with Gasteiger partial charge in [0, 0.05) is 12.6 Å². The Balaban J connectivity index is 1.87. The first-order valence-corrected chi connectivity index (χ1v) is 11.2. The smallest absolute Gasteiger partial charge is 0.261 e. The van der Waals surface area contributed by atoms with Crippen LogP contribution < -0.4 is 14.8 Å². The standard InChI is InChI=1S/C23H24N4O4S/c1-5-6-17(18-7-12-21-22(14-18)26-23(25-21)24-16(3)28)13-15(2)27-32(29,30)20-10-8-19(31-4)9-11-20/h5-14,27H,2H2,1,3-4H3,(H2,24,25,26,28)/b6-5-,17-13+. The van der Waals surface area contributed by atoms with Crippen molar-refractivity contribution in [3.05, 3.63) is 78.5 Å². The van der Waals surface area contributed by atoms with E-state index in [0.29, 0.717) is 17.2 Å². The minimum atomic E-state index is -3.80. The highest BCUT2D eigenvalue weighted by Crippen LogP contribution is 2.24. The van der Waals surface area contributed by atoms with Gasteiger partial charge in [-0.1, -0.05) is 24.8 Å². The van der Waals surface area contributed by atoms with Crippen molar-refractivity contribution >= 4 is 38.5 Å². The van der Waals surface area contributed by atoms with E-state index < -0.39 is 10.0 Å². The average molecular weight is 453 g/mol. The molecule has 0 radical (unpaired) electrons. The summed E-state index contributed by atoms with van der Waals surface area (Å²) in [5, 5.41) is 2.62. The van der Waals surface area contributed by atoms with E-state index in [2.05, 4.69) is 26.6 Å². The van der Waals surface area contributed by atoms with Crippen LogP contribution in [0.5, 0.6) is 5.75 Å². The number of rotatable bonds is 8. The third kappa shape index (κ3) is 5.44. The highest BCUT2D eigenvalue weighted by molar-refractivity contribution is 7.89. The number of benzene rings is 2. The van der Waals surface area contributed by atoms with Gasteiger partial charge >= 0.3 is 0 Å². The van der Waals surface area contributed by atoms with E-state index in [1.165, 1.54) is 26.2 Å². The molecule has 3 rings (SSSR count). The van der Waals surface area contributed by atoms with Gasteiger partial charge in [0.15, 0.2) is 0 Å². The minimum Gasteiger partial charge on any atom is -0.497 e. The molecule has 0 saturated carbocycles. The number of imidazole rings is 1. The van der Waals surface area contributed by atoms with E-state index in [4.69, 9.17) is 4.74 Å². The lowest BCUT2D eigenvalue weighted by Crippen LogP contribution is -2.21.